The van der Waals surface area contributed by atoms with Crippen molar-refractivity contribution in [2.24, 2.45) is 5.92 Å². The summed E-state index contributed by atoms with van der Waals surface area (Å²) in [5, 5.41) is 12.2. The van der Waals surface area contributed by atoms with E-state index in [1.54, 1.807) is 18.2 Å². The van der Waals surface area contributed by atoms with E-state index >= 15 is 0 Å². The molecule has 2 aromatic rings. The van der Waals surface area contributed by atoms with Crippen LogP contribution in [0.1, 0.15) is 17.9 Å². The molecular weight excluding hydrogens is 259 g/mol. The van der Waals surface area contributed by atoms with E-state index in [1.807, 2.05) is 0 Å². The van der Waals surface area contributed by atoms with Gasteiger partial charge in [0, 0.05) is 12.1 Å². The topological polar surface area (TPSA) is 62.2 Å². The van der Waals surface area contributed by atoms with Gasteiger partial charge in [-0.1, -0.05) is 12.1 Å². The maximum Gasteiger partial charge on any atom is 0.229 e. The summed E-state index contributed by atoms with van der Waals surface area (Å²) in [5.41, 5.74) is 0.955. The minimum absolute atomic E-state index is 0.0557. The summed E-state index contributed by atoms with van der Waals surface area (Å²) >= 11 is 0. The standard InChI is InChI=1S/C15H13FN2O2/c16-10-5-3-9(4-6-10)11-8-12(11)15(20)18-14-13(19)2-1-7-17-14/h1-7,11-12,19H,8H2,(H,17,18,20)/t11-,12-/m1/s1. The molecule has 1 amide bonds. The Hall–Kier alpha value is -2.43. The molecule has 1 saturated carbocycles. The van der Waals surface area contributed by atoms with Crippen LogP contribution in [0.15, 0.2) is 42.6 Å². The summed E-state index contributed by atoms with van der Waals surface area (Å²) in [7, 11) is 0. The molecule has 0 aliphatic heterocycles. The molecule has 0 radical (unpaired) electrons. The highest BCUT2D eigenvalue weighted by atomic mass is 19.1. The first kappa shape index (κ1) is 12.6. The predicted octanol–water partition coefficient (Wildman–Crippen LogP) is 2.67. The quantitative estimate of drug-likeness (QED) is 0.903. The molecule has 20 heavy (non-hydrogen) atoms. The monoisotopic (exact) mass is 272 g/mol. The van der Waals surface area contributed by atoms with Crippen LogP contribution in [0.25, 0.3) is 0 Å². The number of nitrogens with one attached hydrogen (secondary N) is 1. The Morgan fingerprint density at radius 2 is 2.05 bits per heavy atom. The van der Waals surface area contributed by atoms with Crippen LogP contribution >= 0.6 is 0 Å². The zero-order chi connectivity index (χ0) is 14.1. The van der Waals surface area contributed by atoms with Gasteiger partial charge >= 0.3 is 0 Å². The molecule has 0 bridgehead atoms. The molecule has 0 spiro atoms. The summed E-state index contributed by atoms with van der Waals surface area (Å²) in [6.07, 6.45) is 2.23. The van der Waals surface area contributed by atoms with Crippen molar-refractivity contribution in [3.8, 4) is 5.75 Å². The lowest BCUT2D eigenvalue weighted by Gasteiger charge is -2.05. The normalized spacial score (nSPS) is 20.4. The summed E-state index contributed by atoms with van der Waals surface area (Å²) < 4.78 is 12.8. The predicted molar refractivity (Wildman–Crippen MR) is 71.8 cm³/mol. The lowest BCUT2D eigenvalue weighted by atomic mass is 10.1. The van der Waals surface area contributed by atoms with Gasteiger partial charge in [-0.05, 0) is 42.2 Å². The summed E-state index contributed by atoms with van der Waals surface area (Å²) in [6, 6.07) is 9.24. The third-order valence-electron chi connectivity index (χ3n) is 3.45. The first-order chi connectivity index (χ1) is 9.65. The van der Waals surface area contributed by atoms with Gasteiger partial charge in [0.05, 0.1) is 0 Å². The lowest BCUT2D eigenvalue weighted by Crippen LogP contribution is -2.15. The second kappa shape index (κ2) is 4.92. The number of carbonyl (C=O) groups is 1. The number of carbonyl (C=O) groups excluding carboxylic acids is 1. The van der Waals surface area contributed by atoms with Gasteiger partial charge in [-0.15, -0.1) is 0 Å². The first-order valence-corrected chi connectivity index (χ1v) is 6.35. The summed E-state index contributed by atoms with van der Waals surface area (Å²) in [5.74, 6) is -0.382. The van der Waals surface area contributed by atoms with E-state index in [9.17, 15) is 14.3 Å². The van der Waals surface area contributed by atoms with Crippen LogP contribution in [-0.4, -0.2) is 16.0 Å². The molecule has 2 atom stereocenters. The Labute approximate surface area is 115 Å². The number of amides is 1. The molecule has 5 heteroatoms. The van der Waals surface area contributed by atoms with Crippen molar-refractivity contribution in [3.63, 3.8) is 0 Å². The molecular formula is C15H13FN2O2. The Balaban J connectivity index is 1.66. The number of rotatable bonds is 3. The molecule has 102 valence electrons. The molecule has 3 rings (SSSR count). The van der Waals surface area contributed by atoms with Crippen molar-refractivity contribution >= 4 is 11.7 Å². The first-order valence-electron chi connectivity index (χ1n) is 6.35. The van der Waals surface area contributed by atoms with E-state index in [0.717, 1.165) is 12.0 Å². The van der Waals surface area contributed by atoms with E-state index in [2.05, 4.69) is 10.3 Å². The van der Waals surface area contributed by atoms with Gasteiger partial charge in [-0.25, -0.2) is 9.37 Å². The minimum Gasteiger partial charge on any atom is -0.504 e. The van der Waals surface area contributed by atoms with Crippen LogP contribution in [0.3, 0.4) is 0 Å². The molecule has 1 heterocycles. The average molecular weight is 272 g/mol. The minimum atomic E-state index is -0.284. The third-order valence-corrected chi connectivity index (χ3v) is 3.45. The number of halogens is 1. The van der Waals surface area contributed by atoms with Crippen LogP contribution in [-0.2, 0) is 4.79 Å². The van der Waals surface area contributed by atoms with E-state index in [1.165, 1.54) is 24.4 Å². The van der Waals surface area contributed by atoms with Crippen LogP contribution in [0, 0.1) is 11.7 Å². The number of hydrogen-bond donors (Lipinski definition) is 2. The van der Waals surface area contributed by atoms with Crippen LogP contribution < -0.4 is 5.32 Å². The number of benzene rings is 1. The molecule has 1 aliphatic rings. The van der Waals surface area contributed by atoms with Crippen molar-refractivity contribution < 1.29 is 14.3 Å². The molecule has 1 aromatic heterocycles. The van der Waals surface area contributed by atoms with Crippen LogP contribution in [0.4, 0.5) is 10.2 Å². The number of aromatic hydroxyl groups is 1. The molecule has 2 N–H and O–H groups in total. The van der Waals surface area contributed by atoms with E-state index < -0.39 is 0 Å². The third kappa shape index (κ3) is 2.47. The van der Waals surface area contributed by atoms with Gasteiger partial charge in [-0.2, -0.15) is 0 Å². The van der Waals surface area contributed by atoms with Gasteiger partial charge in [0.2, 0.25) is 5.91 Å². The molecule has 0 unspecified atom stereocenters. The van der Waals surface area contributed by atoms with Crippen LogP contribution in [0.2, 0.25) is 0 Å². The van der Waals surface area contributed by atoms with Crippen molar-refractivity contribution in [3.05, 3.63) is 54.0 Å². The van der Waals surface area contributed by atoms with Crippen molar-refractivity contribution in [1.29, 1.82) is 0 Å². The number of pyridine rings is 1. The highest BCUT2D eigenvalue weighted by Crippen LogP contribution is 2.48. The Morgan fingerprint density at radius 1 is 1.30 bits per heavy atom. The van der Waals surface area contributed by atoms with Crippen molar-refractivity contribution in [2.75, 3.05) is 5.32 Å². The van der Waals surface area contributed by atoms with E-state index in [0.29, 0.717) is 0 Å². The smallest absolute Gasteiger partial charge is 0.229 e. The van der Waals surface area contributed by atoms with Crippen molar-refractivity contribution in [2.45, 2.75) is 12.3 Å². The second-order valence-corrected chi connectivity index (χ2v) is 4.86. The van der Waals surface area contributed by atoms with Gasteiger partial charge < -0.3 is 10.4 Å². The summed E-state index contributed by atoms with van der Waals surface area (Å²) in [6.45, 7) is 0. The number of anilines is 1. The van der Waals surface area contributed by atoms with Crippen molar-refractivity contribution in [1.82, 2.24) is 4.98 Å². The second-order valence-electron chi connectivity index (χ2n) is 4.86. The van der Waals surface area contributed by atoms with Gasteiger partial charge in [0.1, 0.15) is 5.82 Å². The molecule has 1 fully saturated rings. The fourth-order valence-corrected chi connectivity index (χ4v) is 2.27. The van der Waals surface area contributed by atoms with Gasteiger partial charge in [0.25, 0.3) is 0 Å². The Bertz CT molecular complexity index is 643. The molecule has 1 aliphatic carbocycles. The summed E-state index contributed by atoms with van der Waals surface area (Å²) in [4.78, 5) is 15.9. The highest BCUT2D eigenvalue weighted by molar-refractivity contribution is 5.95. The number of aromatic nitrogens is 1. The maximum atomic E-state index is 12.8. The van der Waals surface area contributed by atoms with Gasteiger partial charge in [-0.3, -0.25) is 4.79 Å². The van der Waals surface area contributed by atoms with E-state index in [4.69, 9.17) is 0 Å². The number of nitrogens with zero attached hydrogens (tertiary/aromatic N) is 1. The fourth-order valence-electron chi connectivity index (χ4n) is 2.27. The fraction of sp³-hybridized carbons (Fsp3) is 0.200. The Kier molecular flexibility index (Phi) is 3.10. The number of hydrogen-bond acceptors (Lipinski definition) is 3. The molecule has 4 nitrogen and oxygen atoms in total. The zero-order valence-electron chi connectivity index (χ0n) is 10.6. The molecule has 0 saturated heterocycles. The Morgan fingerprint density at radius 3 is 2.75 bits per heavy atom. The molecule has 1 aromatic carbocycles. The maximum absolute atomic E-state index is 12.8. The SMILES string of the molecule is O=C(Nc1ncccc1O)[C@@H]1C[C@@H]1c1ccc(F)cc1. The van der Waals surface area contributed by atoms with Gasteiger partial charge in [0.15, 0.2) is 11.6 Å². The zero-order valence-corrected chi connectivity index (χ0v) is 10.6. The largest absolute Gasteiger partial charge is 0.504 e. The highest BCUT2D eigenvalue weighted by Gasteiger charge is 2.44. The van der Waals surface area contributed by atoms with E-state index in [-0.39, 0.29) is 35.1 Å². The average Bonchev–Trinajstić information content (AvgIpc) is 3.23. The lowest BCUT2D eigenvalue weighted by molar-refractivity contribution is -0.117. The van der Waals surface area contributed by atoms with Crippen LogP contribution in [0.5, 0.6) is 5.75 Å².